The third kappa shape index (κ3) is 3.08. The third-order valence-corrected chi connectivity index (χ3v) is 5.60. The summed E-state index contributed by atoms with van der Waals surface area (Å²) in [5.74, 6) is 0. The molecule has 3 rings (SSSR count). The van der Waals surface area contributed by atoms with Crippen molar-refractivity contribution in [3.05, 3.63) is 78.0 Å². The number of rotatable bonds is 5. The zero-order valence-corrected chi connectivity index (χ0v) is 14.2. The van der Waals surface area contributed by atoms with Gasteiger partial charge in [-0.05, 0) is 24.6 Å². The van der Waals surface area contributed by atoms with E-state index in [0.717, 1.165) is 11.1 Å². The van der Waals surface area contributed by atoms with Gasteiger partial charge in [-0.15, -0.1) is 0 Å². The van der Waals surface area contributed by atoms with Crippen LogP contribution in [0.4, 0.5) is 0 Å². The van der Waals surface area contributed by atoms with Crippen LogP contribution in [0.1, 0.15) is 22.9 Å². The molecule has 0 saturated carbocycles. The minimum atomic E-state index is -3.73. The fourth-order valence-corrected chi connectivity index (χ4v) is 3.74. The summed E-state index contributed by atoms with van der Waals surface area (Å²) in [5.41, 5.74) is 2.62. The van der Waals surface area contributed by atoms with Gasteiger partial charge in [0.25, 0.3) is 10.0 Å². The normalized spacial score (nSPS) is 13.1. The number of pyridine rings is 1. The number of aromatic nitrogens is 3. The maximum absolute atomic E-state index is 12.9. The minimum Gasteiger partial charge on any atom is -0.335 e. The highest BCUT2D eigenvalue weighted by Crippen LogP contribution is 2.30. The lowest BCUT2D eigenvalue weighted by atomic mass is 10.0. The Bertz CT molecular complexity index is 892. The van der Waals surface area contributed by atoms with Crippen molar-refractivity contribution in [2.45, 2.75) is 18.0 Å². The molecule has 0 aliphatic carbocycles. The van der Waals surface area contributed by atoms with E-state index in [0.29, 0.717) is 5.69 Å². The number of nitrogens with zero attached hydrogens (tertiary/aromatic N) is 3. The van der Waals surface area contributed by atoms with E-state index in [-0.39, 0.29) is 5.03 Å². The molecule has 7 heteroatoms. The summed E-state index contributed by atoms with van der Waals surface area (Å²) in [7, 11) is -2.18. The smallest absolute Gasteiger partial charge is 0.260 e. The van der Waals surface area contributed by atoms with Gasteiger partial charge in [0, 0.05) is 13.2 Å². The van der Waals surface area contributed by atoms with Crippen molar-refractivity contribution >= 4 is 10.0 Å². The van der Waals surface area contributed by atoms with Crippen LogP contribution in [0.5, 0.6) is 0 Å². The molecule has 0 amide bonds. The summed E-state index contributed by atoms with van der Waals surface area (Å²) < 4.78 is 27.1. The first-order valence-corrected chi connectivity index (χ1v) is 8.88. The second-order valence-electron chi connectivity index (χ2n) is 5.50. The molecule has 0 unspecified atom stereocenters. The Hall–Kier alpha value is -2.51. The van der Waals surface area contributed by atoms with Crippen LogP contribution < -0.4 is 0 Å². The van der Waals surface area contributed by atoms with E-state index >= 15 is 0 Å². The van der Waals surface area contributed by atoms with Crippen LogP contribution in [0.25, 0.3) is 0 Å². The molecule has 2 heterocycles. The van der Waals surface area contributed by atoms with Crippen molar-refractivity contribution in [1.29, 1.82) is 0 Å². The van der Waals surface area contributed by atoms with Crippen molar-refractivity contribution < 1.29 is 8.42 Å². The molecule has 0 aliphatic rings. The number of hydrogen-bond acceptors (Lipinski definition) is 4. The topological polar surface area (TPSA) is 79.0 Å². The first-order chi connectivity index (χ1) is 11.5. The Kier molecular flexibility index (Phi) is 4.46. The average Bonchev–Trinajstić information content (AvgIpc) is 3.13. The van der Waals surface area contributed by atoms with Crippen molar-refractivity contribution in [3.8, 4) is 0 Å². The lowest BCUT2D eigenvalue weighted by Crippen LogP contribution is -2.32. The molecule has 6 nitrogen and oxygen atoms in total. The Morgan fingerprint density at radius 3 is 2.46 bits per heavy atom. The van der Waals surface area contributed by atoms with E-state index in [4.69, 9.17) is 0 Å². The molecule has 0 bridgehead atoms. The molecule has 1 aromatic carbocycles. The summed E-state index contributed by atoms with van der Waals surface area (Å²) >= 11 is 0. The standard InChI is InChI=1S/C17H18N4O2S/c1-13-6-8-14(9-7-13)17(15-5-3-4-10-19-15)21(2)24(22,23)16-11-18-12-20-16/h3-12,17H,1-2H3,(H,18,20)/t17-/m1/s1. The van der Waals surface area contributed by atoms with Crippen molar-refractivity contribution in [1.82, 2.24) is 19.3 Å². The Morgan fingerprint density at radius 1 is 1.12 bits per heavy atom. The van der Waals surface area contributed by atoms with Gasteiger partial charge in [-0.2, -0.15) is 4.31 Å². The first-order valence-electron chi connectivity index (χ1n) is 7.44. The van der Waals surface area contributed by atoms with E-state index in [1.165, 1.54) is 16.8 Å². The number of sulfonamides is 1. The Balaban J connectivity index is 2.10. The van der Waals surface area contributed by atoms with Crippen LogP contribution in [-0.2, 0) is 10.0 Å². The van der Waals surface area contributed by atoms with E-state index in [2.05, 4.69) is 15.0 Å². The van der Waals surface area contributed by atoms with Crippen LogP contribution >= 0.6 is 0 Å². The SMILES string of the molecule is Cc1ccc([C@H](c2ccccn2)N(C)S(=O)(=O)c2cnc[nH]2)cc1. The van der Waals surface area contributed by atoms with Crippen LogP contribution in [-0.4, -0.2) is 34.7 Å². The maximum Gasteiger partial charge on any atom is 0.260 e. The predicted octanol–water partition coefficient (Wildman–Crippen LogP) is 2.52. The van der Waals surface area contributed by atoms with Crippen molar-refractivity contribution in [3.63, 3.8) is 0 Å². The van der Waals surface area contributed by atoms with E-state index in [9.17, 15) is 8.42 Å². The minimum absolute atomic E-state index is 0.0537. The van der Waals surface area contributed by atoms with Crippen LogP contribution in [0.2, 0.25) is 0 Å². The highest BCUT2D eigenvalue weighted by atomic mass is 32.2. The molecule has 0 aliphatic heterocycles. The van der Waals surface area contributed by atoms with E-state index < -0.39 is 16.1 Å². The Labute approximate surface area is 141 Å². The summed E-state index contributed by atoms with van der Waals surface area (Å²) in [6, 6.07) is 12.7. The monoisotopic (exact) mass is 342 g/mol. The largest absolute Gasteiger partial charge is 0.335 e. The van der Waals surface area contributed by atoms with Crippen LogP contribution in [0.3, 0.4) is 0 Å². The zero-order valence-electron chi connectivity index (χ0n) is 13.4. The van der Waals surface area contributed by atoms with Gasteiger partial charge in [0.1, 0.15) is 0 Å². The molecular formula is C17H18N4O2S. The quantitative estimate of drug-likeness (QED) is 0.773. The summed E-state index contributed by atoms with van der Waals surface area (Å²) in [4.78, 5) is 10.8. The first kappa shape index (κ1) is 16.4. The van der Waals surface area contributed by atoms with Gasteiger partial charge in [-0.1, -0.05) is 35.9 Å². The molecule has 124 valence electrons. The molecule has 1 N–H and O–H groups in total. The molecule has 3 aromatic rings. The van der Waals surface area contributed by atoms with Crippen molar-refractivity contribution in [2.75, 3.05) is 7.05 Å². The van der Waals surface area contributed by atoms with Gasteiger partial charge in [0.05, 0.1) is 24.3 Å². The lowest BCUT2D eigenvalue weighted by molar-refractivity contribution is 0.410. The number of benzene rings is 1. The van der Waals surface area contributed by atoms with Gasteiger partial charge < -0.3 is 4.98 Å². The summed E-state index contributed by atoms with van der Waals surface area (Å²) in [5, 5.41) is 0.0537. The second kappa shape index (κ2) is 6.54. The fraction of sp³-hybridized carbons (Fsp3) is 0.176. The number of aromatic amines is 1. The van der Waals surface area contributed by atoms with E-state index in [1.807, 2.05) is 43.3 Å². The summed E-state index contributed by atoms with van der Waals surface area (Å²) in [6.07, 6.45) is 4.31. The van der Waals surface area contributed by atoms with Gasteiger partial charge in [-0.25, -0.2) is 13.4 Å². The van der Waals surface area contributed by atoms with Gasteiger partial charge in [0.2, 0.25) is 0 Å². The number of imidazole rings is 1. The molecule has 24 heavy (non-hydrogen) atoms. The predicted molar refractivity (Wildman–Crippen MR) is 90.8 cm³/mol. The number of hydrogen-bond donors (Lipinski definition) is 1. The molecule has 1 atom stereocenters. The molecule has 0 fully saturated rings. The van der Waals surface area contributed by atoms with Crippen LogP contribution in [0, 0.1) is 6.92 Å². The molecular weight excluding hydrogens is 324 g/mol. The Morgan fingerprint density at radius 2 is 1.88 bits per heavy atom. The van der Waals surface area contributed by atoms with Gasteiger partial charge in [-0.3, -0.25) is 4.98 Å². The third-order valence-electron chi connectivity index (χ3n) is 3.85. The average molecular weight is 342 g/mol. The number of H-pyrrole nitrogens is 1. The molecule has 2 aromatic heterocycles. The second-order valence-corrected chi connectivity index (χ2v) is 7.47. The molecule has 0 spiro atoms. The van der Waals surface area contributed by atoms with Gasteiger partial charge in [0.15, 0.2) is 5.03 Å². The zero-order chi connectivity index (χ0) is 17.2. The van der Waals surface area contributed by atoms with Crippen molar-refractivity contribution in [2.24, 2.45) is 0 Å². The molecule has 0 radical (unpaired) electrons. The molecule has 0 saturated heterocycles. The van der Waals surface area contributed by atoms with Gasteiger partial charge >= 0.3 is 0 Å². The number of aryl methyl sites for hydroxylation is 1. The lowest BCUT2D eigenvalue weighted by Gasteiger charge is -2.27. The number of nitrogens with one attached hydrogen (secondary N) is 1. The van der Waals surface area contributed by atoms with E-state index in [1.54, 1.807) is 19.3 Å². The highest BCUT2D eigenvalue weighted by molar-refractivity contribution is 7.89. The van der Waals surface area contributed by atoms with Crippen LogP contribution in [0.15, 0.2) is 66.2 Å². The highest BCUT2D eigenvalue weighted by Gasteiger charge is 2.32. The maximum atomic E-state index is 12.9. The fourth-order valence-electron chi connectivity index (χ4n) is 2.53. The summed E-state index contributed by atoms with van der Waals surface area (Å²) in [6.45, 7) is 1.99.